The third-order valence-electron chi connectivity index (χ3n) is 2.88. The Labute approximate surface area is 125 Å². The number of rotatable bonds is 3. The molecule has 2 aromatic rings. The number of aryl methyl sites for hydroxylation is 1. The van der Waals surface area contributed by atoms with Crippen LogP contribution < -0.4 is 5.32 Å². The van der Waals surface area contributed by atoms with E-state index in [2.05, 4.69) is 5.32 Å². The van der Waals surface area contributed by atoms with Crippen molar-refractivity contribution in [1.29, 1.82) is 0 Å². The number of benzene rings is 2. The van der Waals surface area contributed by atoms with Crippen molar-refractivity contribution >= 4 is 29.2 Å². The second-order valence-corrected chi connectivity index (χ2v) is 4.83. The number of hydrogen-bond acceptors (Lipinski definition) is 2. The molecule has 0 heterocycles. The minimum Gasteiger partial charge on any atom is -0.478 e. The van der Waals surface area contributed by atoms with Crippen LogP contribution in [-0.4, -0.2) is 17.0 Å². The fourth-order valence-corrected chi connectivity index (χ4v) is 2.02. The van der Waals surface area contributed by atoms with Gasteiger partial charge < -0.3 is 10.4 Å². The summed E-state index contributed by atoms with van der Waals surface area (Å²) >= 11 is 5.92. The standard InChI is InChI=1S/C15H11ClFNO3/c1-8-6-12(16)11(7-13(8)17)14(19)18-10-4-2-9(3-5-10)15(20)21/h2-7H,1H3,(H,18,19)(H,20,21). The predicted octanol–water partition coefficient (Wildman–Crippen LogP) is 3.74. The monoisotopic (exact) mass is 307 g/mol. The molecule has 0 saturated carbocycles. The molecule has 4 nitrogen and oxygen atoms in total. The van der Waals surface area contributed by atoms with Gasteiger partial charge >= 0.3 is 5.97 Å². The molecule has 0 bridgehead atoms. The number of carboxylic acids is 1. The van der Waals surface area contributed by atoms with Crippen molar-refractivity contribution in [3.8, 4) is 0 Å². The van der Waals surface area contributed by atoms with Gasteiger partial charge in [-0.15, -0.1) is 0 Å². The number of amides is 1. The summed E-state index contributed by atoms with van der Waals surface area (Å²) in [5.74, 6) is -2.15. The van der Waals surface area contributed by atoms with Crippen LogP contribution in [0.1, 0.15) is 26.3 Å². The molecule has 0 spiro atoms. The Morgan fingerprint density at radius 2 is 1.81 bits per heavy atom. The topological polar surface area (TPSA) is 66.4 Å². The molecule has 0 fully saturated rings. The largest absolute Gasteiger partial charge is 0.478 e. The van der Waals surface area contributed by atoms with Crippen LogP contribution in [0.15, 0.2) is 36.4 Å². The normalized spacial score (nSPS) is 10.2. The molecule has 0 atom stereocenters. The maximum absolute atomic E-state index is 13.5. The van der Waals surface area contributed by atoms with E-state index < -0.39 is 17.7 Å². The number of anilines is 1. The molecule has 0 saturated heterocycles. The molecular formula is C15H11ClFNO3. The fraction of sp³-hybridized carbons (Fsp3) is 0.0667. The quantitative estimate of drug-likeness (QED) is 0.907. The minimum atomic E-state index is -1.06. The van der Waals surface area contributed by atoms with Gasteiger partial charge in [0.25, 0.3) is 5.91 Å². The summed E-state index contributed by atoms with van der Waals surface area (Å²) in [6.07, 6.45) is 0. The third-order valence-corrected chi connectivity index (χ3v) is 3.20. The SMILES string of the molecule is Cc1cc(Cl)c(C(=O)Nc2ccc(C(=O)O)cc2)cc1F. The summed E-state index contributed by atoms with van der Waals surface area (Å²) in [7, 11) is 0. The molecule has 21 heavy (non-hydrogen) atoms. The Hall–Kier alpha value is -2.40. The van der Waals surface area contributed by atoms with Crippen LogP contribution in [0.2, 0.25) is 5.02 Å². The maximum atomic E-state index is 13.5. The van der Waals surface area contributed by atoms with Crippen LogP contribution >= 0.6 is 11.6 Å². The molecule has 0 aromatic heterocycles. The molecule has 0 aliphatic rings. The number of carboxylic acid groups (broad SMARTS) is 1. The van der Waals surface area contributed by atoms with Gasteiger partial charge in [0.2, 0.25) is 0 Å². The Balaban J connectivity index is 2.22. The van der Waals surface area contributed by atoms with Crippen molar-refractivity contribution < 1.29 is 19.1 Å². The summed E-state index contributed by atoms with van der Waals surface area (Å²) in [4.78, 5) is 22.8. The first kappa shape index (κ1) is 15.0. The highest BCUT2D eigenvalue weighted by atomic mass is 35.5. The molecule has 2 aromatic carbocycles. The van der Waals surface area contributed by atoms with Crippen LogP contribution in [0.5, 0.6) is 0 Å². The molecule has 0 aliphatic carbocycles. The number of nitrogens with one attached hydrogen (secondary N) is 1. The predicted molar refractivity (Wildman–Crippen MR) is 77.5 cm³/mol. The Bertz CT molecular complexity index is 714. The number of hydrogen-bond donors (Lipinski definition) is 2. The van der Waals surface area contributed by atoms with Gasteiger partial charge in [0.1, 0.15) is 5.82 Å². The van der Waals surface area contributed by atoms with Gasteiger partial charge in [-0.25, -0.2) is 9.18 Å². The van der Waals surface area contributed by atoms with E-state index in [4.69, 9.17) is 16.7 Å². The van der Waals surface area contributed by atoms with Gasteiger partial charge in [0.05, 0.1) is 16.1 Å². The number of carbonyl (C=O) groups is 2. The van der Waals surface area contributed by atoms with Crippen molar-refractivity contribution in [3.63, 3.8) is 0 Å². The smallest absolute Gasteiger partial charge is 0.335 e. The molecule has 2 rings (SSSR count). The van der Waals surface area contributed by atoms with E-state index in [0.717, 1.165) is 6.07 Å². The first-order valence-electron chi connectivity index (χ1n) is 5.99. The van der Waals surface area contributed by atoms with Crippen LogP contribution in [-0.2, 0) is 0 Å². The summed E-state index contributed by atoms with van der Waals surface area (Å²) < 4.78 is 13.5. The first-order valence-corrected chi connectivity index (χ1v) is 6.36. The number of halogens is 2. The molecule has 2 N–H and O–H groups in total. The lowest BCUT2D eigenvalue weighted by molar-refractivity contribution is 0.0696. The van der Waals surface area contributed by atoms with E-state index in [9.17, 15) is 14.0 Å². The average Bonchev–Trinajstić information content (AvgIpc) is 2.43. The van der Waals surface area contributed by atoms with Crippen LogP contribution in [0.3, 0.4) is 0 Å². The van der Waals surface area contributed by atoms with E-state index in [0.29, 0.717) is 11.3 Å². The summed E-state index contributed by atoms with van der Waals surface area (Å²) in [5, 5.41) is 11.5. The third kappa shape index (κ3) is 3.38. The van der Waals surface area contributed by atoms with Gasteiger partial charge in [0.15, 0.2) is 0 Å². The summed E-state index contributed by atoms with van der Waals surface area (Å²) in [6, 6.07) is 8.04. The Morgan fingerprint density at radius 3 is 2.38 bits per heavy atom. The van der Waals surface area contributed by atoms with E-state index >= 15 is 0 Å². The zero-order chi connectivity index (χ0) is 15.6. The molecule has 108 valence electrons. The van der Waals surface area contributed by atoms with E-state index in [1.165, 1.54) is 30.3 Å². The van der Waals surface area contributed by atoms with Gasteiger partial charge in [0, 0.05) is 5.69 Å². The summed E-state index contributed by atoms with van der Waals surface area (Å²) in [5.41, 5.74) is 0.860. The fourth-order valence-electron chi connectivity index (χ4n) is 1.71. The van der Waals surface area contributed by atoms with Crippen molar-refractivity contribution in [2.45, 2.75) is 6.92 Å². The van der Waals surface area contributed by atoms with Crippen molar-refractivity contribution in [2.24, 2.45) is 0 Å². The highest BCUT2D eigenvalue weighted by Crippen LogP contribution is 2.22. The average molecular weight is 308 g/mol. The van der Waals surface area contributed by atoms with Gasteiger partial charge in [-0.3, -0.25) is 4.79 Å². The molecule has 6 heteroatoms. The highest BCUT2D eigenvalue weighted by Gasteiger charge is 2.14. The molecule has 0 radical (unpaired) electrons. The number of aromatic carboxylic acids is 1. The lowest BCUT2D eigenvalue weighted by Crippen LogP contribution is -2.13. The first-order chi connectivity index (χ1) is 9.88. The van der Waals surface area contributed by atoms with Crippen LogP contribution in [0.4, 0.5) is 10.1 Å². The maximum Gasteiger partial charge on any atom is 0.335 e. The molecule has 0 aliphatic heterocycles. The summed E-state index contributed by atoms with van der Waals surface area (Å²) in [6.45, 7) is 1.55. The number of carbonyl (C=O) groups excluding carboxylic acids is 1. The zero-order valence-corrected chi connectivity index (χ0v) is 11.7. The lowest BCUT2D eigenvalue weighted by Gasteiger charge is -2.08. The van der Waals surface area contributed by atoms with Crippen molar-refractivity contribution in [3.05, 3.63) is 63.9 Å². The molecular weight excluding hydrogens is 297 g/mol. The zero-order valence-electron chi connectivity index (χ0n) is 11.0. The van der Waals surface area contributed by atoms with Gasteiger partial charge in [-0.05, 0) is 48.9 Å². The van der Waals surface area contributed by atoms with E-state index in [1.807, 2.05) is 0 Å². The van der Waals surface area contributed by atoms with Crippen molar-refractivity contribution in [2.75, 3.05) is 5.32 Å². The Kier molecular flexibility index (Phi) is 4.23. The highest BCUT2D eigenvalue weighted by molar-refractivity contribution is 6.34. The molecule has 0 unspecified atom stereocenters. The van der Waals surface area contributed by atoms with Gasteiger partial charge in [-0.1, -0.05) is 11.6 Å². The molecule has 1 amide bonds. The second kappa shape index (κ2) is 5.93. The lowest BCUT2D eigenvalue weighted by atomic mass is 10.1. The Morgan fingerprint density at radius 1 is 1.19 bits per heavy atom. The second-order valence-electron chi connectivity index (χ2n) is 4.42. The van der Waals surface area contributed by atoms with Gasteiger partial charge in [-0.2, -0.15) is 0 Å². The van der Waals surface area contributed by atoms with E-state index in [-0.39, 0.29) is 16.1 Å². The van der Waals surface area contributed by atoms with Crippen LogP contribution in [0, 0.1) is 12.7 Å². The minimum absolute atomic E-state index is 0.0158. The van der Waals surface area contributed by atoms with E-state index in [1.54, 1.807) is 6.92 Å². The van der Waals surface area contributed by atoms with Crippen molar-refractivity contribution in [1.82, 2.24) is 0 Å². The van der Waals surface area contributed by atoms with Crippen LogP contribution in [0.25, 0.3) is 0 Å².